The molecule has 0 saturated heterocycles. The second-order valence-corrected chi connectivity index (χ2v) is 5.88. The third-order valence-electron chi connectivity index (χ3n) is 3.93. The van der Waals surface area contributed by atoms with Crippen molar-refractivity contribution < 1.29 is 4.79 Å². The van der Waals surface area contributed by atoms with Crippen molar-refractivity contribution in [2.24, 2.45) is 0 Å². The molecule has 0 spiro atoms. The lowest BCUT2D eigenvalue weighted by Gasteiger charge is -2.06. The Morgan fingerprint density at radius 3 is 2.54 bits per heavy atom. The van der Waals surface area contributed by atoms with Crippen molar-refractivity contribution in [2.75, 3.05) is 5.32 Å². The number of aryl methyl sites for hydroxylation is 1. The maximum atomic E-state index is 12.5. The maximum Gasteiger partial charge on any atom is 0.256 e. The minimum atomic E-state index is -0.372. The highest BCUT2D eigenvalue weighted by atomic mass is 16.2. The zero-order chi connectivity index (χ0) is 18.1. The quantitative estimate of drug-likeness (QED) is 0.597. The van der Waals surface area contributed by atoms with Gasteiger partial charge >= 0.3 is 0 Å². The number of fused-ring (bicyclic) bond motifs is 1. The molecule has 0 saturated carbocycles. The van der Waals surface area contributed by atoms with E-state index >= 15 is 0 Å². The lowest BCUT2D eigenvalue weighted by Crippen LogP contribution is -2.18. The number of carbonyl (C=O) groups is 1. The summed E-state index contributed by atoms with van der Waals surface area (Å²) in [6, 6.07) is 17.8. The summed E-state index contributed by atoms with van der Waals surface area (Å²) in [5.74, 6) is 0.645. The average Bonchev–Trinajstić information content (AvgIpc) is 3.07. The highest BCUT2D eigenvalue weighted by Crippen LogP contribution is 2.17. The monoisotopic (exact) mass is 345 g/mol. The highest BCUT2D eigenvalue weighted by Gasteiger charge is 2.13. The smallest absolute Gasteiger partial charge is 0.256 e. The van der Waals surface area contributed by atoms with Gasteiger partial charge in [-0.05, 0) is 19.1 Å². The molecule has 0 unspecified atom stereocenters. The predicted octanol–water partition coefficient (Wildman–Crippen LogP) is 2.65. The summed E-state index contributed by atoms with van der Waals surface area (Å²) >= 11 is 0. The number of hydrogen-bond acceptors (Lipinski definition) is 4. The third kappa shape index (κ3) is 2.98. The number of nitrogens with zero attached hydrogens (tertiary/aromatic N) is 3. The maximum absolute atomic E-state index is 12.5. The summed E-state index contributed by atoms with van der Waals surface area (Å²) in [7, 11) is 0. The zero-order valence-electron chi connectivity index (χ0n) is 13.9. The number of aromatic amines is 1. The van der Waals surface area contributed by atoms with Crippen LogP contribution in [0.5, 0.6) is 0 Å². The van der Waals surface area contributed by atoms with Crippen LogP contribution in [0.1, 0.15) is 15.9 Å². The standard InChI is InChI=1S/C19H15N5O2/c1-12-7-9-14(10-8-12)18(26)20-15-11-16(25)21-19-22-17(23-24(15)19)13-5-3-2-4-6-13/h2-11H,1H3,(H,20,26)(H,21,22,23,25). The van der Waals surface area contributed by atoms with Gasteiger partial charge in [0.05, 0.1) is 0 Å². The number of carbonyl (C=O) groups excluding carboxylic acids is 1. The van der Waals surface area contributed by atoms with Crippen LogP contribution in [0, 0.1) is 6.92 Å². The first-order valence-electron chi connectivity index (χ1n) is 8.04. The van der Waals surface area contributed by atoms with Crippen molar-refractivity contribution in [1.82, 2.24) is 19.6 Å². The minimum absolute atomic E-state index is 0.254. The molecule has 0 radical (unpaired) electrons. The topological polar surface area (TPSA) is 92.1 Å². The largest absolute Gasteiger partial charge is 0.306 e. The molecule has 0 fully saturated rings. The van der Waals surface area contributed by atoms with Crippen LogP contribution in [-0.2, 0) is 0 Å². The van der Waals surface area contributed by atoms with E-state index in [2.05, 4.69) is 20.4 Å². The Hall–Kier alpha value is -3.74. The Bertz CT molecular complexity index is 1140. The van der Waals surface area contributed by atoms with Gasteiger partial charge < -0.3 is 5.32 Å². The van der Waals surface area contributed by atoms with Gasteiger partial charge in [-0.1, -0.05) is 48.0 Å². The van der Waals surface area contributed by atoms with Crippen LogP contribution in [0.25, 0.3) is 17.2 Å². The van der Waals surface area contributed by atoms with Gasteiger partial charge in [0.25, 0.3) is 11.5 Å². The van der Waals surface area contributed by atoms with Crippen LogP contribution in [0.2, 0.25) is 0 Å². The van der Waals surface area contributed by atoms with Crippen molar-refractivity contribution in [2.45, 2.75) is 6.92 Å². The summed E-state index contributed by atoms with van der Waals surface area (Å²) < 4.78 is 1.41. The van der Waals surface area contributed by atoms with Gasteiger partial charge in [-0.15, -0.1) is 5.10 Å². The third-order valence-corrected chi connectivity index (χ3v) is 3.93. The Kier molecular flexibility index (Phi) is 3.81. The van der Waals surface area contributed by atoms with E-state index in [-0.39, 0.29) is 23.1 Å². The summed E-state index contributed by atoms with van der Waals surface area (Å²) in [6.45, 7) is 1.95. The molecular formula is C19H15N5O2. The van der Waals surface area contributed by atoms with Crippen molar-refractivity contribution in [1.29, 1.82) is 0 Å². The van der Waals surface area contributed by atoms with E-state index in [1.165, 1.54) is 10.6 Å². The molecule has 0 aliphatic carbocycles. The summed E-state index contributed by atoms with van der Waals surface area (Å²) in [5, 5.41) is 7.13. The average molecular weight is 345 g/mol. The van der Waals surface area contributed by atoms with Crippen molar-refractivity contribution in [3.63, 3.8) is 0 Å². The van der Waals surface area contributed by atoms with Crippen molar-refractivity contribution in [3.8, 4) is 11.4 Å². The van der Waals surface area contributed by atoms with Crippen LogP contribution < -0.4 is 10.9 Å². The first-order chi connectivity index (χ1) is 12.6. The normalized spacial score (nSPS) is 10.8. The predicted molar refractivity (Wildman–Crippen MR) is 98.2 cm³/mol. The van der Waals surface area contributed by atoms with E-state index in [1.807, 2.05) is 49.4 Å². The number of aromatic nitrogens is 4. The van der Waals surface area contributed by atoms with Gasteiger partial charge in [0.15, 0.2) is 5.82 Å². The van der Waals surface area contributed by atoms with E-state index < -0.39 is 0 Å². The van der Waals surface area contributed by atoms with Crippen LogP contribution >= 0.6 is 0 Å². The number of benzene rings is 2. The second-order valence-electron chi connectivity index (χ2n) is 5.88. The van der Waals surface area contributed by atoms with E-state index in [9.17, 15) is 9.59 Å². The minimum Gasteiger partial charge on any atom is -0.306 e. The zero-order valence-corrected chi connectivity index (χ0v) is 13.9. The molecule has 2 heterocycles. The molecule has 2 aromatic heterocycles. The van der Waals surface area contributed by atoms with Crippen LogP contribution in [0.3, 0.4) is 0 Å². The number of hydrogen-bond donors (Lipinski definition) is 2. The summed E-state index contributed by atoms with van der Waals surface area (Å²) in [4.78, 5) is 31.4. The number of nitrogens with one attached hydrogen (secondary N) is 2. The van der Waals surface area contributed by atoms with Crippen LogP contribution in [0.15, 0.2) is 65.5 Å². The molecule has 2 aromatic carbocycles. The first-order valence-corrected chi connectivity index (χ1v) is 8.04. The van der Waals surface area contributed by atoms with E-state index in [0.717, 1.165) is 11.1 Å². The number of rotatable bonds is 3. The molecule has 0 aliphatic rings. The number of anilines is 1. The highest BCUT2D eigenvalue weighted by molar-refractivity contribution is 6.03. The fourth-order valence-corrected chi connectivity index (χ4v) is 2.58. The van der Waals surface area contributed by atoms with Gasteiger partial charge in [-0.3, -0.25) is 14.6 Å². The Morgan fingerprint density at radius 1 is 1.08 bits per heavy atom. The van der Waals surface area contributed by atoms with Gasteiger partial charge in [0.1, 0.15) is 5.82 Å². The molecule has 4 aromatic rings. The number of amides is 1. The SMILES string of the molecule is Cc1ccc(C(=O)Nc2cc(=O)[nH]c3nc(-c4ccccc4)nn23)cc1. The molecule has 0 aliphatic heterocycles. The van der Waals surface area contributed by atoms with Gasteiger partial charge in [-0.25, -0.2) is 0 Å². The molecular weight excluding hydrogens is 330 g/mol. The van der Waals surface area contributed by atoms with E-state index in [1.54, 1.807) is 12.1 Å². The Morgan fingerprint density at radius 2 is 1.81 bits per heavy atom. The van der Waals surface area contributed by atoms with Gasteiger partial charge in [-0.2, -0.15) is 9.50 Å². The molecule has 2 N–H and O–H groups in total. The lowest BCUT2D eigenvalue weighted by molar-refractivity contribution is 0.102. The van der Waals surface area contributed by atoms with Crippen LogP contribution in [-0.4, -0.2) is 25.5 Å². The van der Waals surface area contributed by atoms with Crippen LogP contribution in [0.4, 0.5) is 5.82 Å². The van der Waals surface area contributed by atoms with Gasteiger partial charge in [0.2, 0.25) is 5.78 Å². The van der Waals surface area contributed by atoms with E-state index in [4.69, 9.17) is 0 Å². The summed E-state index contributed by atoms with van der Waals surface area (Å²) in [5.41, 5.74) is 1.99. The number of H-pyrrole nitrogens is 1. The van der Waals surface area contributed by atoms with Crippen molar-refractivity contribution >= 4 is 17.5 Å². The Labute approximate surface area is 148 Å². The molecule has 4 rings (SSSR count). The second kappa shape index (κ2) is 6.29. The molecule has 128 valence electrons. The molecule has 7 heteroatoms. The van der Waals surface area contributed by atoms with E-state index in [0.29, 0.717) is 11.4 Å². The fraction of sp³-hybridized carbons (Fsp3) is 0.0526. The molecule has 1 amide bonds. The molecule has 7 nitrogen and oxygen atoms in total. The van der Waals surface area contributed by atoms with Crippen molar-refractivity contribution in [3.05, 3.63) is 82.1 Å². The summed E-state index contributed by atoms with van der Waals surface area (Å²) in [6.07, 6.45) is 0. The Balaban J connectivity index is 1.74. The fourth-order valence-electron chi connectivity index (χ4n) is 2.58. The first kappa shape index (κ1) is 15.8. The lowest BCUT2D eigenvalue weighted by atomic mass is 10.1. The molecule has 0 atom stereocenters. The molecule has 26 heavy (non-hydrogen) atoms. The molecule has 0 bridgehead atoms. The van der Waals surface area contributed by atoms with Gasteiger partial charge in [0, 0.05) is 17.2 Å².